The van der Waals surface area contributed by atoms with Gasteiger partial charge in [0.2, 0.25) is 0 Å². The number of aromatic nitrogens is 3. The first kappa shape index (κ1) is 21.7. The fourth-order valence-electron chi connectivity index (χ4n) is 2.57. The minimum atomic E-state index is -1.11. The van der Waals surface area contributed by atoms with Crippen molar-refractivity contribution in [3.63, 3.8) is 0 Å². The Hall–Kier alpha value is -1.03. The molecule has 1 unspecified atom stereocenters. The van der Waals surface area contributed by atoms with Gasteiger partial charge in [0.05, 0.1) is 8.66 Å². The summed E-state index contributed by atoms with van der Waals surface area (Å²) in [7, 11) is -1.11. The van der Waals surface area contributed by atoms with Crippen molar-refractivity contribution in [1.82, 2.24) is 14.8 Å². The van der Waals surface area contributed by atoms with Crippen molar-refractivity contribution in [3.05, 3.63) is 56.6 Å². The molecular weight excluding hydrogens is 478 g/mol. The second-order valence-electron chi connectivity index (χ2n) is 7.74. The van der Waals surface area contributed by atoms with Gasteiger partial charge in [-0.1, -0.05) is 43.4 Å². The molecule has 0 saturated carbocycles. The molecule has 0 aliphatic carbocycles. The van der Waals surface area contributed by atoms with Crippen LogP contribution in [0.5, 0.6) is 0 Å². The van der Waals surface area contributed by atoms with E-state index in [0.29, 0.717) is 17.6 Å². The van der Waals surface area contributed by atoms with E-state index in [2.05, 4.69) is 45.7 Å². The Labute approximate surface area is 183 Å². The number of rotatable bonds is 8. The highest BCUT2D eigenvalue weighted by atomic mass is 79.9. The molecule has 1 aromatic carbocycles. The molecule has 0 radical (unpaired) electrons. The minimum absolute atomic E-state index is 0.374. The number of benzene rings is 1. The lowest BCUT2D eigenvalue weighted by molar-refractivity contribution is 0.0785. The highest BCUT2D eigenvalue weighted by Gasteiger charge is 2.21. The third-order valence-electron chi connectivity index (χ3n) is 4.17. The summed E-state index contributed by atoms with van der Waals surface area (Å²) in [6, 6.07) is 10.2. The Kier molecular flexibility index (Phi) is 7.11. The van der Waals surface area contributed by atoms with Crippen LogP contribution < -0.4 is 0 Å². The summed E-state index contributed by atoms with van der Waals surface area (Å²) in [4.78, 5) is 5.24. The van der Waals surface area contributed by atoms with Gasteiger partial charge in [-0.25, -0.2) is 9.67 Å². The predicted octanol–water partition coefficient (Wildman–Crippen LogP) is 5.82. The Morgan fingerprint density at radius 2 is 2.00 bits per heavy atom. The number of halogens is 2. The van der Waals surface area contributed by atoms with Gasteiger partial charge in [0, 0.05) is 25.3 Å². The Morgan fingerprint density at radius 3 is 2.68 bits per heavy atom. The lowest BCUT2D eigenvalue weighted by atomic mass is 10.0. The number of nitrogens with zero attached hydrogens (tertiary/aromatic N) is 3. The first-order valence-electron chi connectivity index (χ1n) is 8.93. The van der Waals surface area contributed by atoms with Crippen molar-refractivity contribution >= 4 is 46.9 Å². The van der Waals surface area contributed by atoms with Crippen LogP contribution in [0.2, 0.25) is 30.7 Å². The summed E-state index contributed by atoms with van der Waals surface area (Å²) in [5.41, 5.74) is 1.53. The van der Waals surface area contributed by atoms with Gasteiger partial charge in [-0.05, 0) is 45.7 Å². The van der Waals surface area contributed by atoms with Crippen LogP contribution in [-0.4, -0.2) is 34.6 Å². The van der Waals surface area contributed by atoms with E-state index >= 15 is 0 Å². The Balaban J connectivity index is 1.74. The van der Waals surface area contributed by atoms with Crippen LogP contribution in [0.1, 0.15) is 17.2 Å². The summed E-state index contributed by atoms with van der Waals surface area (Å²) < 4.78 is 8.33. The maximum Gasteiger partial charge on any atom is 0.191 e. The standard InChI is InChI=1S/C19H23BrClN3O2SSi/c1-28(2,3)9-8-26-12-24-11-22-19(23-24)18-15(10-16(20)27-18)17(25)13-4-6-14(21)7-5-13/h4-7,10-11,17,25H,8-9,12H2,1-3H3. The smallest absolute Gasteiger partial charge is 0.191 e. The maximum atomic E-state index is 10.9. The van der Waals surface area contributed by atoms with Crippen molar-refractivity contribution in [2.75, 3.05) is 6.61 Å². The lowest BCUT2D eigenvalue weighted by Gasteiger charge is -2.15. The van der Waals surface area contributed by atoms with Gasteiger partial charge in [0.15, 0.2) is 5.82 Å². The van der Waals surface area contributed by atoms with Crippen molar-refractivity contribution in [2.24, 2.45) is 0 Å². The molecule has 28 heavy (non-hydrogen) atoms. The largest absolute Gasteiger partial charge is 0.384 e. The monoisotopic (exact) mass is 499 g/mol. The third kappa shape index (κ3) is 5.74. The van der Waals surface area contributed by atoms with E-state index in [4.69, 9.17) is 16.3 Å². The zero-order chi connectivity index (χ0) is 20.3. The van der Waals surface area contributed by atoms with Crippen LogP contribution in [0.15, 0.2) is 40.4 Å². The van der Waals surface area contributed by atoms with Gasteiger partial charge in [-0.15, -0.1) is 16.4 Å². The van der Waals surface area contributed by atoms with E-state index in [-0.39, 0.29) is 0 Å². The van der Waals surface area contributed by atoms with Crippen LogP contribution >= 0.6 is 38.9 Å². The van der Waals surface area contributed by atoms with E-state index in [1.54, 1.807) is 23.1 Å². The topological polar surface area (TPSA) is 60.2 Å². The van der Waals surface area contributed by atoms with Crippen molar-refractivity contribution in [1.29, 1.82) is 0 Å². The number of thiophene rings is 1. The van der Waals surface area contributed by atoms with E-state index in [1.165, 1.54) is 11.3 Å². The molecule has 2 aromatic heterocycles. The quantitative estimate of drug-likeness (QED) is 0.313. The first-order chi connectivity index (χ1) is 13.2. The summed E-state index contributed by atoms with van der Waals surface area (Å²) >= 11 is 11.0. The molecule has 0 saturated heterocycles. The molecule has 2 heterocycles. The maximum absolute atomic E-state index is 10.9. The zero-order valence-corrected chi connectivity index (χ0v) is 20.2. The number of hydrogen-bond donors (Lipinski definition) is 1. The normalized spacial score (nSPS) is 13.1. The second-order valence-corrected chi connectivity index (χ2v) is 16.2. The number of ether oxygens (including phenoxy) is 1. The first-order valence-corrected chi connectivity index (χ1v) is 14.6. The zero-order valence-electron chi connectivity index (χ0n) is 16.0. The molecule has 5 nitrogen and oxygen atoms in total. The number of aliphatic hydroxyl groups excluding tert-OH is 1. The summed E-state index contributed by atoms with van der Waals surface area (Å²) in [6.07, 6.45) is 0.880. The molecule has 0 amide bonds. The minimum Gasteiger partial charge on any atom is -0.384 e. The number of aliphatic hydroxyl groups is 1. The van der Waals surface area contributed by atoms with E-state index in [9.17, 15) is 5.11 Å². The molecular formula is C19H23BrClN3O2SSi. The molecule has 3 rings (SSSR count). The van der Waals surface area contributed by atoms with Gasteiger partial charge in [0.25, 0.3) is 0 Å². The fourth-order valence-corrected chi connectivity index (χ4v) is 5.04. The molecule has 0 aliphatic rings. The molecule has 1 atom stereocenters. The lowest BCUT2D eigenvalue weighted by Crippen LogP contribution is -2.22. The predicted molar refractivity (Wildman–Crippen MR) is 121 cm³/mol. The van der Waals surface area contributed by atoms with Gasteiger partial charge in [-0.2, -0.15) is 0 Å². The van der Waals surface area contributed by atoms with Gasteiger partial charge in [0.1, 0.15) is 19.2 Å². The van der Waals surface area contributed by atoms with Crippen LogP contribution in [0.25, 0.3) is 10.7 Å². The van der Waals surface area contributed by atoms with E-state index < -0.39 is 14.2 Å². The molecule has 0 fully saturated rings. The summed E-state index contributed by atoms with van der Waals surface area (Å²) in [6.45, 7) is 8.08. The van der Waals surface area contributed by atoms with Crippen LogP contribution in [0.4, 0.5) is 0 Å². The van der Waals surface area contributed by atoms with Crippen molar-refractivity contribution in [3.8, 4) is 10.7 Å². The SMILES string of the molecule is C[Si](C)(C)CCOCn1cnc(-c2sc(Br)cc2C(O)c2ccc(Cl)cc2)n1. The highest BCUT2D eigenvalue weighted by molar-refractivity contribution is 9.11. The highest BCUT2D eigenvalue weighted by Crippen LogP contribution is 2.39. The second kappa shape index (κ2) is 9.19. The molecule has 0 spiro atoms. The van der Waals surface area contributed by atoms with Crippen LogP contribution in [0, 0.1) is 0 Å². The van der Waals surface area contributed by atoms with E-state index in [0.717, 1.165) is 32.4 Å². The molecule has 150 valence electrons. The molecule has 9 heteroatoms. The Morgan fingerprint density at radius 1 is 1.29 bits per heavy atom. The molecule has 1 N–H and O–H groups in total. The Bertz CT molecular complexity index is 924. The molecule has 0 aliphatic heterocycles. The summed E-state index contributed by atoms with van der Waals surface area (Å²) in [5.74, 6) is 0.576. The van der Waals surface area contributed by atoms with Crippen molar-refractivity contribution in [2.45, 2.75) is 38.5 Å². The van der Waals surface area contributed by atoms with Gasteiger partial charge < -0.3 is 9.84 Å². The number of hydrogen-bond acceptors (Lipinski definition) is 5. The third-order valence-corrected chi connectivity index (χ3v) is 7.78. The summed E-state index contributed by atoms with van der Waals surface area (Å²) in [5, 5.41) is 16.0. The van der Waals surface area contributed by atoms with Gasteiger partial charge in [-0.3, -0.25) is 0 Å². The van der Waals surface area contributed by atoms with Crippen molar-refractivity contribution < 1.29 is 9.84 Å². The average Bonchev–Trinajstić information content (AvgIpc) is 3.24. The van der Waals surface area contributed by atoms with Crippen LogP contribution in [-0.2, 0) is 11.5 Å². The van der Waals surface area contributed by atoms with Crippen LogP contribution in [0.3, 0.4) is 0 Å². The molecule has 3 aromatic rings. The van der Waals surface area contributed by atoms with E-state index in [1.807, 2.05) is 18.2 Å². The van der Waals surface area contributed by atoms with Gasteiger partial charge >= 0.3 is 0 Å². The molecule has 0 bridgehead atoms. The average molecular weight is 501 g/mol. The fraction of sp³-hybridized carbons (Fsp3) is 0.368.